The van der Waals surface area contributed by atoms with Crippen LogP contribution in [0.1, 0.15) is 27.0 Å². The van der Waals surface area contributed by atoms with Crippen LogP contribution in [-0.2, 0) is 0 Å². The van der Waals surface area contributed by atoms with Crippen LogP contribution in [-0.4, -0.2) is 5.78 Å². The highest BCUT2D eigenvalue weighted by Gasteiger charge is 2.16. The molecule has 0 saturated heterocycles. The summed E-state index contributed by atoms with van der Waals surface area (Å²) in [4.78, 5) is 12.2. The predicted octanol–water partition coefficient (Wildman–Crippen LogP) is 4.47. The number of carbonyl (C=O) groups excluding carboxylic acids is 1. The maximum absolute atomic E-state index is 13.2. The van der Waals surface area contributed by atoms with Gasteiger partial charge in [0.15, 0.2) is 17.4 Å². The number of aryl methyl sites for hydroxylation is 2. The fourth-order valence-corrected chi connectivity index (χ4v) is 1.97. The molecule has 0 saturated carbocycles. The van der Waals surface area contributed by atoms with E-state index in [1.54, 1.807) is 18.2 Å². The molecule has 0 aliphatic carbocycles. The third-order valence-corrected chi connectivity index (χ3v) is 3.34. The van der Waals surface area contributed by atoms with Crippen molar-refractivity contribution >= 4 is 17.4 Å². The van der Waals surface area contributed by atoms with Gasteiger partial charge in [-0.05, 0) is 43.2 Å². The zero-order valence-corrected chi connectivity index (χ0v) is 11.2. The van der Waals surface area contributed by atoms with Gasteiger partial charge in [-0.1, -0.05) is 23.7 Å². The van der Waals surface area contributed by atoms with Gasteiger partial charge in [0.1, 0.15) is 0 Å². The summed E-state index contributed by atoms with van der Waals surface area (Å²) in [6.45, 7) is 3.80. The number of hydrogen-bond donors (Lipinski definition) is 0. The van der Waals surface area contributed by atoms with E-state index in [-0.39, 0.29) is 10.6 Å². The molecule has 0 N–H and O–H groups in total. The fraction of sp³-hybridized carbons (Fsp3) is 0.133. The minimum Gasteiger partial charge on any atom is -0.289 e. The summed E-state index contributed by atoms with van der Waals surface area (Å²) in [5.41, 5.74) is 2.36. The summed E-state index contributed by atoms with van der Waals surface area (Å²) < 4.78 is 26.2. The van der Waals surface area contributed by atoms with Crippen LogP contribution >= 0.6 is 11.6 Å². The summed E-state index contributed by atoms with van der Waals surface area (Å²) in [5, 5.41) is -0.0953. The zero-order valence-electron chi connectivity index (χ0n) is 10.4. The van der Waals surface area contributed by atoms with Crippen molar-refractivity contribution in [2.75, 3.05) is 0 Å². The average molecular weight is 281 g/mol. The van der Waals surface area contributed by atoms with E-state index in [1.165, 1.54) is 0 Å². The van der Waals surface area contributed by atoms with Crippen molar-refractivity contribution in [3.05, 3.63) is 69.2 Å². The molecule has 2 rings (SSSR count). The largest absolute Gasteiger partial charge is 0.289 e. The number of halogens is 3. The molecule has 19 heavy (non-hydrogen) atoms. The Morgan fingerprint density at radius 1 is 1.00 bits per heavy atom. The quantitative estimate of drug-likeness (QED) is 0.586. The first-order chi connectivity index (χ1) is 8.90. The summed E-state index contributed by atoms with van der Waals surface area (Å²) in [6.07, 6.45) is 0. The van der Waals surface area contributed by atoms with E-state index in [4.69, 9.17) is 11.6 Å². The van der Waals surface area contributed by atoms with Gasteiger partial charge in [0.05, 0.1) is 5.02 Å². The molecule has 0 amide bonds. The maximum Gasteiger partial charge on any atom is 0.194 e. The SMILES string of the molecule is Cc1ccc(C(=O)c2cc(F)c(F)cc2Cl)cc1C. The molecule has 4 heteroatoms. The van der Waals surface area contributed by atoms with Crippen LogP contribution in [0.4, 0.5) is 8.78 Å². The molecule has 0 spiro atoms. The minimum atomic E-state index is -1.09. The van der Waals surface area contributed by atoms with Crippen molar-refractivity contribution in [3.8, 4) is 0 Å². The molecule has 0 heterocycles. The van der Waals surface area contributed by atoms with Crippen LogP contribution in [0.5, 0.6) is 0 Å². The second kappa shape index (κ2) is 5.10. The molecule has 0 unspecified atom stereocenters. The minimum absolute atomic E-state index is 0.0381. The molecule has 1 nitrogen and oxygen atoms in total. The molecule has 2 aromatic rings. The molecule has 0 bridgehead atoms. The zero-order chi connectivity index (χ0) is 14.2. The lowest BCUT2D eigenvalue weighted by Crippen LogP contribution is -2.04. The second-order valence-electron chi connectivity index (χ2n) is 4.37. The van der Waals surface area contributed by atoms with Crippen LogP contribution in [0, 0.1) is 25.5 Å². The van der Waals surface area contributed by atoms with Crippen molar-refractivity contribution in [1.82, 2.24) is 0 Å². The van der Waals surface area contributed by atoms with E-state index in [1.807, 2.05) is 13.8 Å². The summed E-state index contributed by atoms with van der Waals surface area (Å²) in [7, 11) is 0. The van der Waals surface area contributed by atoms with E-state index in [2.05, 4.69) is 0 Å². The Morgan fingerprint density at radius 2 is 1.63 bits per heavy atom. The van der Waals surface area contributed by atoms with Gasteiger partial charge in [0.2, 0.25) is 0 Å². The lowest BCUT2D eigenvalue weighted by atomic mass is 9.99. The Morgan fingerprint density at radius 3 is 2.26 bits per heavy atom. The van der Waals surface area contributed by atoms with Crippen LogP contribution in [0.25, 0.3) is 0 Å². The van der Waals surface area contributed by atoms with Gasteiger partial charge in [0.25, 0.3) is 0 Å². The Hall–Kier alpha value is -1.74. The molecule has 0 fully saturated rings. The van der Waals surface area contributed by atoms with Crippen molar-refractivity contribution in [1.29, 1.82) is 0 Å². The van der Waals surface area contributed by atoms with Gasteiger partial charge in [-0.3, -0.25) is 4.79 Å². The molecule has 0 radical (unpaired) electrons. The van der Waals surface area contributed by atoms with Gasteiger partial charge in [-0.15, -0.1) is 0 Å². The first-order valence-corrected chi connectivity index (χ1v) is 6.04. The van der Waals surface area contributed by atoms with Gasteiger partial charge >= 0.3 is 0 Å². The standard InChI is InChI=1S/C15H11ClF2O/c1-8-3-4-10(5-9(8)2)15(19)11-6-13(17)14(18)7-12(11)16/h3-7H,1-2H3. The topological polar surface area (TPSA) is 17.1 Å². The van der Waals surface area contributed by atoms with E-state index >= 15 is 0 Å². The number of hydrogen-bond acceptors (Lipinski definition) is 1. The van der Waals surface area contributed by atoms with Crippen LogP contribution in [0.15, 0.2) is 30.3 Å². The highest BCUT2D eigenvalue weighted by molar-refractivity contribution is 6.35. The second-order valence-corrected chi connectivity index (χ2v) is 4.78. The highest BCUT2D eigenvalue weighted by Crippen LogP contribution is 2.23. The monoisotopic (exact) mass is 280 g/mol. The molecular weight excluding hydrogens is 270 g/mol. The van der Waals surface area contributed by atoms with Gasteiger partial charge in [-0.2, -0.15) is 0 Å². The first-order valence-electron chi connectivity index (χ1n) is 5.66. The molecule has 0 atom stereocenters. The third kappa shape index (κ3) is 2.66. The molecule has 0 aliphatic rings. The van der Waals surface area contributed by atoms with Gasteiger partial charge in [0, 0.05) is 11.1 Å². The van der Waals surface area contributed by atoms with E-state index < -0.39 is 17.4 Å². The van der Waals surface area contributed by atoms with Crippen LogP contribution < -0.4 is 0 Å². The molecule has 0 aliphatic heterocycles. The predicted molar refractivity (Wildman–Crippen MR) is 70.7 cm³/mol. The maximum atomic E-state index is 13.2. The number of rotatable bonds is 2. The fourth-order valence-electron chi connectivity index (χ4n) is 1.73. The Balaban J connectivity index is 2.49. The number of benzene rings is 2. The molecule has 2 aromatic carbocycles. The Labute approximate surface area is 114 Å². The van der Waals surface area contributed by atoms with Crippen molar-refractivity contribution < 1.29 is 13.6 Å². The molecule has 0 aromatic heterocycles. The molecule has 98 valence electrons. The highest BCUT2D eigenvalue weighted by atomic mass is 35.5. The van der Waals surface area contributed by atoms with Crippen molar-refractivity contribution in [2.45, 2.75) is 13.8 Å². The number of carbonyl (C=O) groups is 1. The average Bonchev–Trinajstić information content (AvgIpc) is 2.36. The van der Waals surface area contributed by atoms with Crippen molar-refractivity contribution in [3.63, 3.8) is 0 Å². The van der Waals surface area contributed by atoms with Crippen LogP contribution in [0.3, 0.4) is 0 Å². The van der Waals surface area contributed by atoms with E-state index in [9.17, 15) is 13.6 Å². The summed E-state index contributed by atoms with van der Waals surface area (Å²) >= 11 is 5.79. The van der Waals surface area contributed by atoms with Gasteiger partial charge in [-0.25, -0.2) is 8.78 Å². The third-order valence-electron chi connectivity index (χ3n) is 3.02. The van der Waals surface area contributed by atoms with Crippen LogP contribution in [0.2, 0.25) is 5.02 Å². The first kappa shape index (κ1) is 13.7. The van der Waals surface area contributed by atoms with Crippen molar-refractivity contribution in [2.24, 2.45) is 0 Å². The summed E-state index contributed by atoms with van der Waals surface area (Å²) in [6, 6.07) is 6.79. The van der Waals surface area contributed by atoms with E-state index in [0.717, 1.165) is 23.3 Å². The smallest absolute Gasteiger partial charge is 0.194 e. The van der Waals surface area contributed by atoms with Gasteiger partial charge < -0.3 is 0 Å². The lowest BCUT2D eigenvalue weighted by molar-refractivity contribution is 0.103. The van der Waals surface area contributed by atoms with E-state index in [0.29, 0.717) is 5.56 Å². The Kier molecular flexibility index (Phi) is 3.67. The molecular formula is C15H11ClF2O. The number of ketones is 1. The Bertz CT molecular complexity index is 665. The lowest BCUT2D eigenvalue weighted by Gasteiger charge is -2.07. The summed E-state index contributed by atoms with van der Waals surface area (Å²) in [5.74, 6) is -2.58. The normalized spacial score (nSPS) is 10.6.